The van der Waals surface area contributed by atoms with Gasteiger partial charge in [0.2, 0.25) is 0 Å². The van der Waals surface area contributed by atoms with E-state index in [2.05, 4.69) is 6.58 Å². The van der Waals surface area contributed by atoms with Crippen LogP contribution in [0.2, 0.25) is 0 Å². The lowest BCUT2D eigenvalue weighted by Crippen LogP contribution is -2.11. The number of hydrogen-bond acceptors (Lipinski definition) is 3. The number of Topliss-reactive ketones (excluding diaryl/α,β-unsaturated/α-hetero) is 1. The van der Waals surface area contributed by atoms with E-state index in [1.54, 1.807) is 26.0 Å². The van der Waals surface area contributed by atoms with Gasteiger partial charge in [0.15, 0.2) is 0 Å². The largest absolute Gasteiger partial charge is 0.462 e. The van der Waals surface area contributed by atoms with Gasteiger partial charge in [0.25, 0.3) is 0 Å². The molecule has 0 saturated carbocycles. The molecule has 0 heterocycles. The highest BCUT2D eigenvalue weighted by Crippen LogP contribution is 2.18. The predicted molar refractivity (Wildman–Crippen MR) is 93.6 cm³/mol. The molecule has 0 spiro atoms. The van der Waals surface area contributed by atoms with E-state index in [0.717, 1.165) is 38.5 Å². The van der Waals surface area contributed by atoms with Crippen LogP contribution in [-0.4, -0.2) is 18.4 Å². The summed E-state index contributed by atoms with van der Waals surface area (Å²) in [5.74, 6) is 0.165. The molecule has 3 heteroatoms. The lowest BCUT2D eigenvalue weighted by Gasteiger charge is -2.13. The minimum Gasteiger partial charge on any atom is -0.462 e. The second-order valence-electron chi connectivity index (χ2n) is 5.84. The number of ether oxygens (including phenoxy) is 1. The number of esters is 1. The molecule has 0 aliphatic rings. The minimum atomic E-state index is -0.280. The molecule has 23 heavy (non-hydrogen) atoms. The molecule has 1 rings (SSSR count). The van der Waals surface area contributed by atoms with Crippen LogP contribution in [0.4, 0.5) is 0 Å². The Labute approximate surface area is 139 Å². The third kappa shape index (κ3) is 7.27. The van der Waals surface area contributed by atoms with Crippen molar-refractivity contribution < 1.29 is 14.3 Å². The maximum atomic E-state index is 11.7. The minimum absolute atomic E-state index is 0.161. The number of allylic oxidation sites excluding steroid dienone is 1. The maximum Gasteiger partial charge on any atom is 0.338 e. The quantitative estimate of drug-likeness (QED) is 0.336. The van der Waals surface area contributed by atoms with Gasteiger partial charge >= 0.3 is 5.97 Å². The van der Waals surface area contributed by atoms with Gasteiger partial charge in [-0.2, -0.15) is 0 Å². The second-order valence-corrected chi connectivity index (χ2v) is 5.84. The SMILES string of the molecule is C=CCCC[C@H](CCCc1ccc(C(=O)OCC)cc1)C(C)=O. The molecule has 1 aromatic carbocycles. The summed E-state index contributed by atoms with van der Waals surface area (Å²) in [5.41, 5.74) is 1.77. The van der Waals surface area contributed by atoms with Crippen molar-refractivity contribution in [1.29, 1.82) is 0 Å². The number of benzene rings is 1. The molecule has 3 nitrogen and oxygen atoms in total. The number of hydrogen-bond donors (Lipinski definition) is 0. The van der Waals surface area contributed by atoms with Gasteiger partial charge in [-0.25, -0.2) is 4.79 Å². The van der Waals surface area contributed by atoms with E-state index >= 15 is 0 Å². The van der Waals surface area contributed by atoms with Gasteiger partial charge in [0.1, 0.15) is 5.78 Å². The van der Waals surface area contributed by atoms with Gasteiger partial charge in [-0.1, -0.05) is 18.2 Å². The lowest BCUT2D eigenvalue weighted by molar-refractivity contribution is -0.121. The Balaban J connectivity index is 2.42. The van der Waals surface area contributed by atoms with Gasteiger partial charge in [0.05, 0.1) is 12.2 Å². The van der Waals surface area contributed by atoms with Crippen molar-refractivity contribution in [2.75, 3.05) is 6.61 Å². The lowest BCUT2D eigenvalue weighted by atomic mass is 9.91. The van der Waals surface area contributed by atoms with Crippen molar-refractivity contribution >= 4 is 11.8 Å². The topological polar surface area (TPSA) is 43.4 Å². The number of carbonyl (C=O) groups is 2. The van der Waals surface area contributed by atoms with Gasteiger partial charge in [-0.15, -0.1) is 6.58 Å². The predicted octanol–water partition coefficient (Wildman–Crippen LogP) is 4.75. The molecule has 0 aliphatic heterocycles. The fourth-order valence-corrected chi connectivity index (χ4v) is 2.63. The summed E-state index contributed by atoms with van der Waals surface area (Å²) in [7, 11) is 0. The van der Waals surface area contributed by atoms with Crippen molar-refractivity contribution in [2.45, 2.75) is 52.4 Å². The zero-order valence-corrected chi connectivity index (χ0v) is 14.3. The van der Waals surface area contributed by atoms with Crippen LogP contribution in [0.15, 0.2) is 36.9 Å². The van der Waals surface area contributed by atoms with Crippen LogP contribution in [0.1, 0.15) is 61.9 Å². The summed E-state index contributed by atoms with van der Waals surface area (Å²) in [4.78, 5) is 23.3. The van der Waals surface area contributed by atoms with E-state index < -0.39 is 0 Å². The summed E-state index contributed by atoms with van der Waals surface area (Å²) in [6.45, 7) is 7.59. The van der Waals surface area contributed by atoms with Crippen molar-refractivity contribution in [3.05, 3.63) is 48.0 Å². The zero-order valence-electron chi connectivity index (χ0n) is 14.3. The molecule has 0 aliphatic carbocycles. The van der Waals surface area contributed by atoms with E-state index in [-0.39, 0.29) is 17.7 Å². The van der Waals surface area contributed by atoms with Crippen LogP contribution < -0.4 is 0 Å². The molecule has 0 aromatic heterocycles. The van der Waals surface area contributed by atoms with E-state index in [4.69, 9.17) is 4.74 Å². The number of rotatable bonds is 11. The summed E-state index contributed by atoms with van der Waals surface area (Å²) in [6.07, 6.45) is 7.68. The van der Waals surface area contributed by atoms with Crippen LogP contribution in [-0.2, 0) is 16.0 Å². The van der Waals surface area contributed by atoms with Crippen molar-refractivity contribution in [3.63, 3.8) is 0 Å². The van der Waals surface area contributed by atoms with Crippen molar-refractivity contribution in [2.24, 2.45) is 5.92 Å². The summed E-state index contributed by atoms with van der Waals surface area (Å²) < 4.78 is 4.97. The number of aryl methyl sites for hydroxylation is 1. The average Bonchev–Trinajstić information content (AvgIpc) is 2.54. The van der Waals surface area contributed by atoms with Crippen LogP contribution in [0.3, 0.4) is 0 Å². The fraction of sp³-hybridized carbons (Fsp3) is 0.500. The third-order valence-corrected chi connectivity index (χ3v) is 4.02. The number of ketones is 1. The molecule has 126 valence electrons. The molecular weight excluding hydrogens is 288 g/mol. The Morgan fingerprint density at radius 2 is 1.83 bits per heavy atom. The van der Waals surface area contributed by atoms with Gasteiger partial charge in [-0.3, -0.25) is 4.79 Å². The third-order valence-electron chi connectivity index (χ3n) is 4.02. The second kappa shape index (κ2) is 10.8. The summed E-state index contributed by atoms with van der Waals surface area (Å²) in [5, 5.41) is 0. The molecule has 0 unspecified atom stereocenters. The highest BCUT2D eigenvalue weighted by atomic mass is 16.5. The zero-order chi connectivity index (χ0) is 17.1. The van der Waals surface area contributed by atoms with Crippen molar-refractivity contribution in [1.82, 2.24) is 0 Å². The first-order chi connectivity index (χ1) is 11.1. The Morgan fingerprint density at radius 1 is 1.17 bits per heavy atom. The van der Waals surface area contributed by atoms with Gasteiger partial charge in [-0.05, 0) is 70.1 Å². The Hall–Kier alpha value is -1.90. The Kier molecular flexibility index (Phi) is 8.96. The summed E-state index contributed by atoms with van der Waals surface area (Å²) >= 11 is 0. The highest BCUT2D eigenvalue weighted by molar-refractivity contribution is 5.89. The van der Waals surface area contributed by atoms with Crippen LogP contribution in [0, 0.1) is 5.92 Å². The van der Waals surface area contributed by atoms with Gasteiger partial charge < -0.3 is 4.74 Å². The average molecular weight is 316 g/mol. The van der Waals surface area contributed by atoms with Gasteiger partial charge in [0, 0.05) is 5.92 Å². The van der Waals surface area contributed by atoms with E-state index in [0.29, 0.717) is 12.2 Å². The Bertz CT molecular complexity index is 502. The molecule has 0 radical (unpaired) electrons. The summed E-state index contributed by atoms with van der Waals surface area (Å²) in [6, 6.07) is 7.54. The first-order valence-electron chi connectivity index (χ1n) is 8.45. The molecule has 0 N–H and O–H groups in total. The molecular formula is C20H28O3. The van der Waals surface area contributed by atoms with Crippen LogP contribution in [0.25, 0.3) is 0 Å². The van der Waals surface area contributed by atoms with E-state index in [1.807, 2.05) is 18.2 Å². The van der Waals surface area contributed by atoms with Crippen molar-refractivity contribution in [3.8, 4) is 0 Å². The highest BCUT2D eigenvalue weighted by Gasteiger charge is 2.13. The smallest absolute Gasteiger partial charge is 0.338 e. The maximum absolute atomic E-state index is 11.7. The standard InChI is InChI=1S/C20H28O3/c1-4-6-7-10-18(16(3)21)11-8-9-17-12-14-19(15-13-17)20(22)23-5-2/h4,12-15,18H,1,5-11H2,2-3H3/t18-/m1/s1. The molecule has 0 saturated heterocycles. The normalized spacial score (nSPS) is 11.7. The molecule has 0 amide bonds. The molecule has 1 atom stereocenters. The van der Waals surface area contributed by atoms with E-state index in [1.165, 1.54) is 5.56 Å². The molecule has 0 fully saturated rings. The Morgan fingerprint density at radius 3 is 2.39 bits per heavy atom. The molecule has 0 bridgehead atoms. The van der Waals surface area contributed by atoms with Crippen LogP contribution in [0.5, 0.6) is 0 Å². The van der Waals surface area contributed by atoms with Crippen LogP contribution >= 0.6 is 0 Å². The first-order valence-corrected chi connectivity index (χ1v) is 8.45. The number of carbonyl (C=O) groups excluding carboxylic acids is 2. The molecule has 1 aromatic rings. The van der Waals surface area contributed by atoms with E-state index in [9.17, 15) is 9.59 Å². The first kappa shape index (κ1) is 19.1. The number of unbranched alkanes of at least 4 members (excludes halogenated alkanes) is 1. The fourth-order valence-electron chi connectivity index (χ4n) is 2.63. The monoisotopic (exact) mass is 316 g/mol.